The van der Waals surface area contributed by atoms with E-state index in [1.54, 1.807) is 0 Å². The summed E-state index contributed by atoms with van der Waals surface area (Å²) >= 11 is 1.28. The maximum atomic E-state index is 13.0. The quantitative estimate of drug-likeness (QED) is 0.680. The lowest BCUT2D eigenvalue weighted by molar-refractivity contribution is 0.341. The molecule has 2 aromatic carbocycles. The van der Waals surface area contributed by atoms with E-state index in [0.717, 1.165) is 28.1 Å². The molecule has 0 atom stereocenters. The molecule has 0 unspecified atom stereocenters. The van der Waals surface area contributed by atoms with Crippen molar-refractivity contribution in [2.45, 2.75) is 25.3 Å². The van der Waals surface area contributed by atoms with Gasteiger partial charge in [0.25, 0.3) is 10.0 Å². The first-order valence-corrected chi connectivity index (χ1v) is 10.0. The highest BCUT2D eigenvalue weighted by molar-refractivity contribution is 7.90. The summed E-state index contributed by atoms with van der Waals surface area (Å²) in [4.78, 5) is 0.333. The molecule has 0 saturated carbocycles. The number of benzene rings is 2. The smallest absolute Gasteiger partial charge is 0.285 e. The third-order valence-electron chi connectivity index (χ3n) is 3.59. The van der Waals surface area contributed by atoms with Gasteiger partial charge < -0.3 is 9.30 Å². The summed E-state index contributed by atoms with van der Waals surface area (Å²) in [6.45, 7) is 4.96. The molecule has 5 nitrogen and oxygen atoms in total. The molecule has 0 saturated heterocycles. The van der Waals surface area contributed by atoms with Gasteiger partial charge in [0.1, 0.15) is 11.6 Å². The largest absolute Gasteiger partial charge is 0.494 e. The van der Waals surface area contributed by atoms with Crippen LogP contribution in [0.25, 0.3) is 10.2 Å². The van der Waals surface area contributed by atoms with Gasteiger partial charge in [-0.05, 0) is 56.3 Å². The van der Waals surface area contributed by atoms with E-state index in [9.17, 15) is 12.8 Å². The number of aryl methyl sites for hydroxylation is 1. The predicted molar refractivity (Wildman–Crippen MR) is 95.8 cm³/mol. The number of ether oxygens (including phenoxy) is 1. The third-order valence-corrected chi connectivity index (χ3v) is 6.03. The highest BCUT2D eigenvalue weighted by atomic mass is 32.2. The van der Waals surface area contributed by atoms with Gasteiger partial charge in [-0.1, -0.05) is 11.3 Å². The van der Waals surface area contributed by atoms with Gasteiger partial charge in [-0.3, -0.25) is 0 Å². The highest BCUT2D eigenvalue weighted by Gasteiger charge is 2.15. The minimum absolute atomic E-state index is 0.0379. The van der Waals surface area contributed by atoms with E-state index in [0.29, 0.717) is 18.0 Å². The number of rotatable bonds is 5. The van der Waals surface area contributed by atoms with E-state index >= 15 is 0 Å². The van der Waals surface area contributed by atoms with Crippen molar-refractivity contribution in [3.05, 3.63) is 53.1 Å². The molecule has 0 aliphatic heterocycles. The lowest BCUT2D eigenvalue weighted by atomic mass is 10.3. The van der Waals surface area contributed by atoms with Gasteiger partial charge in [-0.25, -0.2) is 4.39 Å². The van der Waals surface area contributed by atoms with Crippen molar-refractivity contribution in [1.82, 2.24) is 4.57 Å². The van der Waals surface area contributed by atoms with Gasteiger partial charge in [-0.15, -0.1) is 4.40 Å². The maximum Gasteiger partial charge on any atom is 0.285 e. The van der Waals surface area contributed by atoms with Crippen molar-refractivity contribution in [1.29, 1.82) is 0 Å². The molecule has 0 bridgehead atoms. The highest BCUT2D eigenvalue weighted by Crippen LogP contribution is 2.24. The van der Waals surface area contributed by atoms with Gasteiger partial charge in [0, 0.05) is 6.54 Å². The summed E-state index contributed by atoms with van der Waals surface area (Å²) in [5.74, 6) is 0.236. The molecule has 1 heterocycles. The Hall–Kier alpha value is -2.19. The van der Waals surface area contributed by atoms with Crippen LogP contribution < -0.4 is 9.54 Å². The molecule has 0 radical (unpaired) electrons. The molecule has 3 rings (SSSR count). The van der Waals surface area contributed by atoms with Crippen molar-refractivity contribution < 1.29 is 17.5 Å². The summed E-state index contributed by atoms with van der Waals surface area (Å²) in [5.41, 5.74) is 0.893. The minimum atomic E-state index is -3.91. The average Bonchev–Trinajstić information content (AvgIpc) is 2.91. The van der Waals surface area contributed by atoms with Gasteiger partial charge in [0.2, 0.25) is 4.80 Å². The molecule has 0 aliphatic rings. The number of sulfonamides is 1. The van der Waals surface area contributed by atoms with Crippen LogP contribution in [0.5, 0.6) is 5.75 Å². The number of hydrogen-bond donors (Lipinski definition) is 0. The molecule has 0 aliphatic carbocycles. The Bertz CT molecular complexity index is 1070. The molecule has 0 fully saturated rings. The summed E-state index contributed by atoms with van der Waals surface area (Å²) in [6, 6.07) is 10.3. The molecular weight excluding hydrogens is 363 g/mol. The first kappa shape index (κ1) is 17.6. The van der Waals surface area contributed by atoms with Gasteiger partial charge in [0.15, 0.2) is 0 Å². The molecule has 132 valence electrons. The monoisotopic (exact) mass is 380 g/mol. The van der Waals surface area contributed by atoms with Crippen molar-refractivity contribution in [3.8, 4) is 5.75 Å². The molecule has 0 spiro atoms. The summed E-state index contributed by atoms with van der Waals surface area (Å²) in [6.07, 6.45) is 0. The predicted octanol–water partition coefficient (Wildman–Crippen LogP) is 3.55. The van der Waals surface area contributed by atoms with Crippen LogP contribution in [0.3, 0.4) is 0 Å². The Kier molecular flexibility index (Phi) is 4.91. The number of aromatic nitrogens is 1. The third kappa shape index (κ3) is 3.59. The Morgan fingerprint density at radius 3 is 2.52 bits per heavy atom. The topological polar surface area (TPSA) is 60.7 Å². The van der Waals surface area contributed by atoms with E-state index in [-0.39, 0.29) is 4.90 Å². The molecule has 8 heteroatoms. The zero-order valence-electron chi connectivity index (χ0n) is 13.8. The summed E-state index contributed by atoms with van der Waals surface area (Å²) < 4.78 is 50.2. The summed E-state index contributed by atoms with van der Waals surface area (Å²) in [5, 5.41) is 0. The second-order valence-corrected chi connectivity index (χ2v) is 7.82. The second-order valence-electron chi connectivity index (χ2n) is 5.21. The Balaban J connectivity index is 2.16. The number of thiazole rings is 1. The molecule has 0 N–H and O–H groups in total. The Labute approximate surface area is 149 Å². The summed E-state index contributed by atoms with van der Waals surface area (Å²) in [7, 11) is -3.91. The first-order chi connectivity index (χ1) is 11.9. The van der Waals surface area contributed by atoms with Crippen LogP contribution in [0, 0.1) is 5.82 Å². The Morgan fingerprint density at radius 2 is 1.88 bits per heavy atom. The first-order valence-electron chi connectivity index (χ1n) is 7.77. The number of hydrogen-bond acceptors (Lipinski definition) is 4. The van der Waals surface area contributed by atoms with Crippen LogP contribution in [0.4, 0.5) is 4.39 Å². The fraction of sp³-hybridized carbons (Fsp3) is 0.235. The molecule has 3 aromatic rings. The van der Waals surface area contributed by atoms with E-state index in [4.69, 9.17) is 4.74 Å². The molecule has 0 amide bonds. The van der Waals surface area contributed by atoms with E-state index in [1.165, 1.54) is 23.5 Å². The molecular formula is C17H17FN2O3S2. The maximum absolute atomic E-state index is 13.0. The number of halogens is 1. The van der Waals surface area contributed by atoms with Crippen molar-refractivity contribution in [2.75, 3.05) is 6.61 Å². The normalized spacial score (nSPS) is 12.7. The zero-order chi connectivity index (χ0) is 18.0. The number of fused-ring (bicyclic) bond motifs is 1. The van der Waals surface area contributed by atoms with Crippen molar-refractivity contribution in [3.63, 3.8) is 0 Å². The lowest BCUT2D eigenvalue weighted by Crippen LogP contribution is -2.16. The fourth-order valence-corrected chi connectivity index (χ4v) is 4.77. The SMILES string of the molecule is CCOc1ccc2c(c1)s/c(=N\S(=O)(=O)c1ccc(F)cc1)n2CC. The fourth-order valence-electron chi connectivity index (χ4n) is 2.45. The van der Waals surface area contributed by atoms with Crippen LogP contribution in [0.15, 0.2) is 51.8 Å². The van der Waals surface area contributed by atoms with Gasteiger partial charge in [-0.2, -0.15) is 8.42 Å². The van der Waals surface area contributed by atoms with Crippen LogP contribution >= 0.6 is 11.3 Å². The zero-order valence-corrected chi connectivity index (χ0v) is 15.4. The van der Waals surface area contributed by atoms with Gasteiger partial charge in [0.05, 0.1) is 21.7 Å². The lowest BCUT2D eigenvalue weighted by Gasteiger charge is -2.04. The van der Waals surface area contributed by atoms with Gasteiger partial charge >= 0.3 is 0 Å². The minimum Gasteiger partial charge on any atom is -0.494 e. The molecule has 1 aromatic heterocycles. The van der Waals surface area contributed by atoms with E-state index in [1.807, 2.05) is 36.6 Å². The van der Waals surface area contributed by atoms with Crippen LogP contribution in [0.1, 0.15) is 13.8 Å². The second kappa shape index (κ2) is 6.97. The Morgan fingerprint density at radius 1 is 1.16 bits per heavy atom. The van der Waals surface area contributed by atoms with E-state index in [2.05, 4.69) is 4.40 Å². The standard InChI is InChI=1S/C17H17FN2O3S2/c1-3-20-15-10-7-13(23-4-2)11-16(15)24-17(20)19-25(21,22)14-8-5-12(18)6-9-14/h5-11H,3-4H2,1-2H3/b19-17-. The van der Waals surface area contributed by atoms with Crippen LogP contribution in [0.2, 0.25) is 0 Å². The number of nitrogens with zero attached hydrogens (tertiary/aromatic N) is 2. The molecule has 25 heavy (non-hydrogen) atoms. The average molecular weight is 380 g/mol. The van der Waals surface area contributed by atoms with E-state index < -0.39 is 15.8 Å². The van der Waals surface area contributed by atoms with Crippen LogP contribution in [-0.2, 0) is 16.6 Å². The van der Waals surface area contributed by atoms with Crippen molar-refractivity contribution in [2.24, 2.45) is 4.40 Å². The van der Waals surface area contributed by atoms with Crippen LogP contribution in [-0.4, -0.2) is 19.6 Å². The van der Waals surface area contributed by atoms with Crippen molar-refractivity contribution >= 4 is 31.6 Å².